The highest BCUT2D eigenvalue weighted by Crippen LogP contribution is 2.17. The van der Waals surface area contributed by atoms with Crippen molar-refractivity contribution in [3.63, 3.8) is 0 Å². The van der Waals surface area contributed by atoms with Gasteiger partial charge in [-0.3, -0.25) is 10.1 Å². The van der Waals surface area contributed by atoms with Crippen molar-refractivity contribution < 1.29 is 19.7 Å². The molecule has 88 valence electrons. The Morgan fingerprint density at radius 1 is 1.53 bits per heavy atom. The molecule has 0 aromatic heterocycles. The minimum Gasteiger partial charge on any atom is -0.396 e. The van der Waals surface area contributed by atoms with Crippen LogP contribution in [-0.2, 0) is 9.53 Å². The van der Waals surface area contributed by atoms with Crippen molar-refractivity contribution >= 4 is 5.78 Å². The first-order valence-corrected chi connectivity index (χ1v) is 5.28. The summed E-state index contributed by atoms with van der Waals surface area (Å²) in [6, 6.07) is 0. The first kappa shape index (κ1) is 12.6. The molecule has 0 aromatic carbocycles. The van der Waals surface area contributed by atoms with Gasteiger partial charge in [-0.05, 0) is 19.8 Å². The molecule has 0 radical (unpaired) electrons. The molecule has 3 atom stereocenters. The van der Waals surface area contributed by atoms with E-state index in [-0.39, 0.29) is 37.2 Å². The van der Waals surface area contributed by atoms with E-state index in [2.05, 4.69) is 5.32 Å². The van der Waals surface area contributed by atoms with E-state index in [1.54, 1.807) is 0 Å². The van der Waals surface area contributed by atoms with E-state index in [9.17, 15) is 4.79 Å². The van der Waals surface area contributed by atoms with Crippen LogP contribution in [0, 0.1) is 5.92 Å². The molecular formula is C10H19NO4. The molecular weight excluding hydrogens is 198 g/mol. The molecule has 1 aliphatic rings. The van der Waals surface area contributed by atoms with Crippen LogP contribution in [0.25, 0.3) is 0 Å². The van der Waals surface area contributed by atoms with Crippen LogP contribution in [0.2, 0.25) is 0 Å². The van der Waals surface area contributed by atoms with Gasteiger partial charge < -0.3 is 14.9 Å². The fourth-order valence-electron chi connectivity index (χ4n) is 1.60. The molecule has 0 aliphatic carbocycles. The summed E-state index contributed by atoms with van der Waals surface area (Å²) in [5.41, 5.74) is 0. The number of carbonyl (C=O) groups excluding carboxylic acids is 1. The monoisotopic (exact) mass is 217 g/mol. The fourth-order valence-corrected chi connectivity index (χ4v) is 1.60. The Bertz CT molecular complexity index is 210. The number of hydrogen-bond donors (Lipinski definition) is 3. The smallest absolute Gasteiger partial charge is 0.136 e. The largest absolute Gasteiger partial charge is 0.396 e. The second-order valence-corrected chi connectivity index (χ2v) is 3.91. The lowest BCUT2D eigenvalue weighted by molar-refractivity contribution is -0.122. The number of aliphatic hydroxyl groups excluding tert-OH is 2. The molecule has 0 bridgehead atoms. The fraction of sp³-hybridized carbons (Fsp3) is 0.900. The molecule has 1 fully saturated rings. The third-order valence-electron chi connectivity index (χ3n) is 2.70. The Kier molecular flexibility index (Phi) is 5.17. The quantitative estimate of drug-likeness (QED) is 0.547. The Morgan fingerprint density at radius 3 is 2.73 bits per heavy atom. The number of rotatable bonds is 6. The molecule has 0 aromatic rings. The van der Waals surface area contributed by atoms with Gasteiger partial charge in [-0.15, -0.1) is 0 Å². The molecule has 1 aliphatic heterocycles. The van der Waals surface area contributed by atoms with E-state index in [4.69, 9.17) is 14.9 Å². The number of hydrogen-bond acceptors (Lipinski definition) is 5. The molecule has 1 heterocycles. The van der Waals surface area contributed by atoms with Gasteiger partial charge in [-0.25, -0.2) is 0 Å². The van der Waals surface area contributed by atoms with E-state index >= 15 is 0 Å². The first-order chi connectivity index (χ1) is 7.17. The van der Waals surface area contributed by atoms with Crippen LogP contribution < -0.4 is 5.32 Å². The summed E-state index contributed by atoms with van der Waals surface area (Å²) in [7, 11) is 0. The normalized spacial score (nSPS) is 27.9. The summed E-state index contributed by atoms with van der Waals surface area (Å²) < 4.78 is 5.43. The third-order valence-corrected chi connectivity index (χ3v) is 2.70. The zero-order valence-corrected chi connectivity index (χ0v) is 8.98. The highest BCUT2D eigenvalue weighted by molar-refractivity contribution is 5.78. The van der Waals surface area contributed by atoms with Crippen LogP contribution >= 0.6 is 0 Å². The van der Waals surface area contributed by atoms with E-state index in [1.807, 2.05) is 0 Å². The van der Waals surface area contributed by atoms with Gasteiger partial charge in [0.1, 0.15) is 12.0 Å². The summed E-state index contributed by atoms with van der Waals surface area (Å²) in [6.07, 6.45) is 1.47. The van der Waals surface area contributed by atoms with Gasteiger partial charge in [0.2, 0.25) is 0 Å². The molecule has 3 N–H and O–H groups in total. The number of Topliss-reactive ketones (excluding diaryl/α,β-unsaturated/α-hetero) is 1. The van der Waals surface area contributed by atoms with Gasteiger partial charge in [0.15, 0.2) is 0 Å². The summed E-state index contributed by atoms with van der Waals surface area (Å²) in [4.78, 5) is 11.0. The highest BCUT2D eigenvalue weighted by Gasteiger charge is 2.25. The molecule has 5 nitrogen and oxygen atoms in total. The molecule has 3 unspecified atom stereocenters. The van der Waals surface area contributed by atoms with Crippen molar-refractivity contribution in [3.05, 3.63) is 0 Å². The number of ketones is 1. The minimum absolute atomic E-state index is 0.0262. The highest BCUT2D eigenvalue weighted by atomic mass is 16.5. The first-order valence-electron chi connectivity index (χ1n) is 5.28. The second kappa shape index (κ2) is 6.17. The van der Waals surface area contributed by atoms with E-state index in [1.165, 1.54) is 6.92 Å². The van der Waals surface area contributed by atoms with Crippen LogP contribution in [-0.4, -0.2) is 48.1 Å². The van der Waals surface area contributed by atoms with Crippen LogP contribution in [0.3, 0.4) is 0 Å². The van der Waals surface area contributed by atoms with Crippen molar-refractivity contribution in [2.75, 3.05) is 19.8 Å². The molecule has 5 heteroatoms. The SMILES string of the molecule is CC(=O)C(CO)CNC1CCC(CO)O1. The zero-order chi connectivity index (χ0) is 11.3. The lowest BCUT2D eigenvalue weighted by atomic mass is 10.1. The van der Waals surface area contributed by atoms with Gasteiger partial charge in [0.05, 0.1) is 25.2 Å². The molecule has 1 rings (SSSR count). The van der Waals surface area contributed by atoms with Crippen molar-refractivity contribution in [1.82, 2.24) is 5.32 Å². The predicted octanol–water partition coefficient (Wildman–Crippen LogP) is -0.729. The van der Waals surface area contributed by atoms with Gasteiger partial charge in [-0.1, -0.05) is 0 Å². The number of ether oxygens (including phenoxy) is 1. The van der Waals surface area contributed by atoms with Gasteiger partial charge in [0.25, 0.3) is 0 Å². The Hall–Kier alpha value is -0.490. The topological polar surface area (TPSA) is 78.8 Å². The standard InChI is InChI=1S/C10H19NO4/c1-7(14)8(5-12)4-11-10-3-2-9(6-13)15-10/h8-13H,2-6H2,1H3. The third kappa shape index (κ3) is 3.87. The van der Waals surface area contributed by atoms with Gasteiger partial charge >= 0.3 is 0 Å². The average Bonchev–Trinajstić information content (AvgIpc) is 2.66. The van der Waals surface area contributed by atoms with Crippen molar-refractivity contribution in [2.45, 2.75) is 32.1 Å². The maximum atomic E-state index is 11.0. The van der Waals surface area contributed by atoms with E-state index in [0.29, 0.717) is 6.54 Å². The molecule has 15 heavy (non-hydrogen) atoms. The number of aliphatic hydroxyl groups is 2. The summed E-state index contributed by atoms with van der Waals surface area (Å²) in [6.45, 7) is 1.79. The summed E-state index contributed by atoms with van der Waals surface area (Å²) in [5, 5.41) is 20.8. The van der Waals surface area contributed by atoms with E-state index < -0.39 is 0 Å². The number of carbonyl (C=O) groups is 1. The van der Waals surface area contributed by atoms with Crippen molar-refractivity contribution in [3.8, 4) is 0 Å². The van der Waals surface area contributed by atoms with Gasteiger partial charge in [0, 0.05) is 6.54 Å². The second-order valence-electron chi connectivity index (χ2n) is 3.91. The maximum Gasteiger partial charge on any atom is 0.136 e. The summed E-state index contributed by atoms with van der Waals surface area (Å²) >= 11 is 0. The Balaban J connectivity index is 2.22. The average molecular weight is 217 g/mol. The minimum atomic E-state index is -0.359. The van der Waals surface area contributed by atoms with Crippen LogP contribution in [0.5, 0.6) is 0 Å². The molecule has 1 saturated heterocycles. The molecule has 0 saturated carbocycles. The Morgan fingerprint density at radius 2 is 2.27 bits per heavy atom. The van der Waals surface area contributed by atoms with Crippen molar-refractivity contribution in [2.24, 2.45) is 5.92 Å². The molecule has 0 spiro atoms. The van der Waals surface area contributed by atoms with Gasteiger partial charge in [-0.2, -0.15) is 0 Å². The van der Waals surface area contributed by atoms with Crippen molar-refractivity contribution in [1.29, 1.82) is 0 Å². The lowest BCUT2D eigenvalue weighted by Crippen LogP contribution is -2.37. The maximum absolute atomic E-state index is 11.0. The predicted molar refractivity (Wildman–Crippen MR) is 54.2 cm³/mol. The zero-order valence-electron chi connectivity index (χ0n) is 8.98. The summed E-state index contributed by atoms with van der Waals surface area (Å²) in [5.74, 6) is -0.386. The van der Waals surface area contributed by atoms with E-state index in [0.717, 1.165) is 12.8 Å². The van der Waals surface area contributed by atoms with Crippen LogP contribution in [0.15, 0.2) is 0 Å². The Labute approximate surface area is 89.4 Å². The van der Waals surface area contributed by atoms with Crippen LogP contribution in [0.4, 0.5) is 0 Å². The molecule has 0 amide bonds. The number of nitrogens with one attached hydrogen (secondary N) is 1. The van der Waals surface area contributed by atoms with Crippen LogP contribution in [0.1, 0.15) is 19.8 Å². The lowest BCUT2D eigenvalue weighted by Gasteiger charge is -2.17.